The molecule has 50 heavy (non-hydrogen) atoms. The summed E-state index contributed by atoms with van der Waals surface area (Å²) < 4.78 is 29.8. The van der Waals surface area contributed by atoms with Gasteiger partial charge in [-0.1, -0.05) is 54.6 Å². The van der Waals surface area contributed by atoms with Crippen molar-refractivity contribution in [2.45, 2.75) is 38.3 Å². The van der Waals surface area contributed by atoms with E-state index in [2.05, 4.69) is 15.6 Å². The zero-order chi connectivity index (χ0) is 36.0. The lowest BCUT2D eigenvalue weighted by Gasteiger charge is -2.30. The summed E-state index contributed by atoms with van der Waals surface area (Å²) in [5.41, 5.74) is 2.10. The Balaban J connectivity index is 0.000000291. The number of rotatable bonds is 14. The number of pyridine rings is 1. The molecule has 4 aromatic rings. The number of benzene rings is 3. The molecule has 13 heteroatoms. The van der Waals surface area contributed by atoms with Gasteiger partial charge in [0.2, 0.25) is 6.29 Å². The van der Waals surface area contributed by atoms with Crippen LogP contribution in [0.1, 0.15) is 29.4 Å². The molecule has 5 rings (SSSR count). The van der Waals surface area contributed by atoms with Crippen LogP contribution in [-0.2, 0) is 35.2 Å². The first kappa shape index (κ1) is 37.6. The predicted molar refractivity (Wildman–Crippen MR) is 187 cm³/mol. The van der Waals surface area contributed by atoms with Gasteiger partial charge >= 0.3 is 5.97 Å². The van der Waals surface area contributed by atoms with Crippen LogP contribution >= 0.6 is 0 Å². The van der Waals surface area contributed by atoms with Crippen LogP contribution < -0.4 is 20.4 Å². The Morgan fingerprint density at radius 1 is 1.08 bits per heavy atom. The van der Waals surface area contributed by atoms with E-state index >= 15 is 0 Å². The topological polar surface area (TPSA) is 139 Å². The third kappa shape index (κ3) is 9.91. The summed E-state index contributed by atoms with van der Waals surface area (Å²) in [6.45, 7) is 2.48. The Labute approximate surface area is 290 Å². The molecule has 0 aliphatic carbocycles. The van der Waals surface area contributed by atoms with Gasteiger partial charge in [-0.15, -0.1) is 0 Å². The Bertz CT molecular complexity index is 1750. The first-order valence-electron chi connectivity index (χ1n) is 16.1. The van der Waals surface area contributed by atoms with Gasteiger partial charge in [0.25, 0.3) is 11.8 Å². The van der Waals surface area contributed by atoms with Crippen LogP contribution in [0.2, 0.25) is 0 Å². The van der Waals surface area contributed by atoms with Crippen LogP contribution in [0.25, 0.3) is 10.8 Å². The molecule has 2 N–H and O–H groups in total. The molecule has 1 aromatic heterocycles. The van der Waals surface area contributed by atoms with Gasteiger partial charge in [-0.3, -0.25) is 19.4 Å². The monoisotopic (exact) mass is 687 g/mol. The van der Waals surface area contributed by atoms with E-state index in [0.29, 0.717) is 36.9 Å². The number of carbonyl (C=O) groups excluding carboxylic acids is 4. The van der Waals surface area contributed by atoms with E-state index in [4.69, 9.17) is 14.2 Å². The number of aromatic nitrogens is 1. The number of likely N-dealkylation sites (N-methyl/N-ethyl adjacent to an activating group) is 1. The molecular weight excluding hydrogens is 645 g/mol. The van der Waals surface area contributed by atoms with Crippen LogP contribution in [0.3, 0.4) is 0 Å². The van der Waals surface area contributed by atoms with E-state index in [1.54, 1.807) is 38.4 Å². The number of carbonyl (C=O) groups is 4. The average molecular weight is 688 g/mol. The van der Waals surface area contributed by atoms with Crippen molar-refractivity contribution >= 4 is 46.2 Å². The highest BCUT2D eigenvalue weighted by molar-refractivity contribution is 6.06. The fourth-order valence-electron chi connectivity index (χ4n) is 5.28. The van der Waals surface area contributed by atoms with Crippen molar-refractivity contribution in [1.29, 1.82) is 0 Å². The fourth-order valence-corrected chi connectivity index (χ4v) is 5.28. The molecule has 0 spiro atoms. The maximum absolute atomic E-state index is 14.2. The first-order chi connectivity index (χ1) is 24.2. The number of nitrogens with zero attached hydrogens (tertiary/aromatic N) is 3. The van der Waals surface area contributed by atoms with Crippen LogP contribution in [0.4, 0.5) is 15.8 Å². The number of hydrogen-bond acceptors (Lipinski definition) is 10. The van der Waals surface area contributed by atoms with Gasteiger partial charge in [-0.25, -0.2) is 4.39 Å². The van der Waals surface area contributed by atoms with Crippen molar-refractivity contribution in [2.75, 3.05) is 50.7 Å². The number of methoxy groups -OCH3 is 1. The third-order valence-corrected chi connectivity index (χ3v) is 8.02. The SMILES string of the molecule is CCN(C)c1ccc(F)cc1N(CC(C=O)NC(=O)c1nccc2ccccc12)C(=O)COC.CNC1CC(=O)OC1OCc1ccccc1. The molecule has 3 atom stereocenters. The number of esters is 1. The van der Waals surface area contributed by atoms with E-state index in [1.807, 2.05) is 54.3 Å². The van der Waals surface area contributed by atoms with Crippen molar-refractivity contribution in [3.05, 3.63) is 102 Å². The molecule has 3 unspecified atom stereocenters. The van der Waals surface area contributed by atoms with Crippen molar-refractivity contribution in [3.63, 3.8) is 0 Å². The molecular formula is C37H42FN5O7. The molecule has 12 nitrogen and oxygen atoms in total. The molecule has 1 aliphatic rings. The Morgan fingerprint density at radius 2 is 1.82 bits per heavy atom. The molecule has 264 valence electrons. The normalized spacial score (nSPS) is 15.7. The van der Waals surface area contributed by atoms with E-state index in [9.17, 15) is 23.6 Å². The number of amides is 2. The Hall–Kier alpha value is -5.24. The smallest absolute Gasteiger partial charge is 0.309 e. The molecule has 2 amide bonds. The zero-order valence-corrected chi connectivity index (χ0v) is 28.5. The number of anilines is 2. The summed E-state index contributed by atoms with van der Waals surface area (Å²) in [4.78, 5) is 56.2. The van der Waals surface area contributed by atoms with Gasteiger partial charge in [-0.05, 0) is 49.2 Å². The summed E-state index contributed by atoms with van der Waals surface area (Å²) in [5.74, 6) is -1.79. The van der Waals surface area contributed by atoms with Gasteiger partial charge in [0.05, 0.1) is 37.0 Å². The minimum absolute atomic E-state index is 0.0452. The van der Waals surface area contributed by atoms with Gasteiger partial charge in [-0.2, -0.15) is 0 Å². The first-order valence-corrected chi connectivity index (χ1v) is 16.1. The maximum Gasteiger partial charge on any atom is 0.309 e. The number of halogens is 1. The number of hydrogen-bond donors (Lipinski definition) is 2. The van der Waals surface area contributed by atoms with Crippen LogP contribution in [0, 0.1) is 5.82 Å². The summed E-state index contributed by atoms with van der Waals surface area (Å²) in [6, 6.07) is 21.8. The van der Waals surface area contributed by atoms with E-state index < -0.39 is 30.0 Å². The number of aldehydes is 1. The van der Waals surface area contributed by atoms with Gasteiger partial charge < -0.3 is 39.4 Å². The Morgan fingerprint density at radius 3 is 2.52 bits per heavy atom. The van der Waals surface area contributed by atoms with Gasteiger partial charge in [0.15, 0.2) is 0 Å². The quantitative estimate of drug-likeness (QED) is 0.148. The highest BCUT2D eigenvalue weighted by atomic mass is 19.1. The standard InChI is InChI=1S/C25H27FN4O4.C12H15NO3/c1-4-29(2)21-10-9-18(26)13-22(21)30(23(32)16-34-3)14-19(15-31)28-25(33)24-20-8-6-5-7-17(20)11-12-27-24;1-13-10-7-11(14)16-12(10)15-8-9-5-3-2-4-6-9/h5-13,15,19H,4,14,16H2,1-3H3,(H,28,33);2-6,10,12-13H,7-8H2,1H3. The molecule has 0 bridgehead atoms. The molecule has 1 aliphatic heterocycles. The van der Waals surface area contributed by atoms with Gasteiger partial charge in [0, 0.05) is 32.3 Å². The van der Waals surface area contributed by atoms with Crippen molar-refractivity contribution in [1.82, 2.24) is 15.6 Å². The second kappa shape index (κ2) is 18.5. The predicted octanol–water partition coefficient (Wildman–Crippen LogP) is 3.87. The van der Waals surface area contributed by atoms with Crippen LogP contribution in [-0.4, -0.2) is 88.3 Å². The van der Waals surface area contributed by atoms with Crippen molar-refractivity contribution in [3.8, 4) is 0 Å². The molecule has 1 fully saturated rings. The lowest BCUT2D eigenvalue weighted by atomic mass is 10.1. The summed E-state index contributed by atoms with van der Waals surface area (Å²) in [6.07, 6.45) is 1.95. The van der Waals surface area contributed by atoms with Crippen LogP contribution in [0.5, 0.6) is 0 Å². The summed E-state index contributed by atoms with van der Waals surface area (Å²) in [5, 5.41) is 7.11. The minimum atomic E-state index is -1.07. The molecule has 1 saturated heterocycles. The number of ether oxygens (including phenoxy) is 3. The third-order valence-electron chi connectivity index (χ3n) is 8.02. The van der Waals surface area contributed by atoms with Crippen molar-refractivity contribution in [2.24, 2.45) is 0 Å². The highest BCUT2D eigenvalue weighted by Crippen LogP contribution is 2.30. The fraction of sp³-hybridized carbons (Fsp3) is 0.324. The minimum Gasteiger partial charge on any atom is -0.434 e. The van der Waals surface area contributed by atoms with Crippen LogP contribution in [0.15, 0.2) is 85.1 Å². The maximum atomic E-state index is 14.2. The lowest BCUT2D eigenvalue weighted by molar-refractivity contribution is -0.167. The zero-order valence-electron chi connectivity index (χ0n) is 28.5. The number of cyclic esters (lactones) is 1. The van der Waals surface area contributed by atoms with Gasteiger partial charge in [0.1, 0.15) is 30.4 Å². The second-order valence-electron chi connectivity index (χ2n) is 11.4. The molecule has 0 radical (unpaired) electrons. The summed E-state index contributed by atoms with van der Waals surface area (Å²) in [7, 11) is 4.97. The summed E-state index contributed by atoms with van der Waals surface area (Å²) >= 11 is 0. The number of fused-ring (bicyclic) bond motifs is 1. The molecule has 0 saturated carbocycles. The second-order valence-corrected chi connectivity index (χ2v) is 11.4. The molecule has 3 aromatic carbocycles. The highest BCUT2D eigenvalue weighted by Gasteiger charge is 2.34. The van der Waals surface area contributed by atoms with Crippen molar-refractivity contribution < 1.29 is 37.8 Å². The van der Waals surface area contributed by atoms with E-state index in [0.717, 1.165) is 10.9 Å². The van der Waals surface area contributed by atoms with E-state index in [-0.39, 0.29) is 36.5 Å². The Kier molecular flexibility index (Phi) is 13.9. The number of nitrogens with one attached hydrogen (secondary N) is 2. The average Bonchev–Trinajstić information content (AvgIpc) is 3.51. The molecule has 2 heterocycles. The largest absolute Gasteiger partial charge is 0.434 e. The van der Waals surface area contributed by atoms with E-state index in [1.165, 1.54) is 30.3 Å². The lowest BCUT2D eigenvalue weighted by Crippen LogP contribution is -2.48.